The van der Waals surface area contributed by atoms with Gasteiger partial charge in [-0.15, -0.1) is 11.3 Å². The lowest BCUT2D eigenvalue weighted by Crippen LogP contribution is -2.40. The normalized spacial score (nSPS) is 21.4. The summed E-state index contributed by atoms with van der Waals surface area (Å²) in [7, 11) is 0. The number of cyclic esters (lactones) is 1. The van der Waals surface area contributed by atoms with Gasteiger partial charge in [0.15, 0.2) is 5.54 Å². The van der Waals surface area contributed by atoms with Crippen LogP contribution in [0.2, 0.25) is 9.36 Å². The maximum atomic E-state index is 11.8. The van der Waals surface area contributed by atoms with Crippen molar-refractivity contribution < 1.29 is 9.53 Å². The fourth-order valence-electron chi connectivity index (χ4n) is 2.03. The Morgan fingerprint density at radius 2 is 2.12 bits per heavy atom. The molecular weight excluding hydrogens is 281 g/mol. The number of hydrogen-bond acceptors (Lipinski definition) is 4. The zero-order valence-electron chi connectivity index (χ0n) is 9.05. The molecule has 17 heavy (non-hydrogen) atoms. The molecule has 0 atom stereocenters. The number of carbonyl (C=O) groups is 1. The van der Waals surface area contributed by atoms with E-state index in [9.17, 15) is 4.79 Å². The van der Waals surface area contributed by atoms with Crippen LogP contribution < -0.4 is 0 Å². The molecule has 1 fully saturated rings. The maximum Gasteiger partial charge on any atom is 0.340 e. The first-order chi connectivity index (χ1) is 8.03. The monoisotopic (exact) mass is 289 g/mol. The van der Waals surface area contributed by atoms with Crippen LogP contribution in [0, 0.1) is 6.92 Å². The van der Waals surface area contributed by atoms with Crippen LogP contribution in [-0.2, 0) is 9.53 Å². The average molecular weight is 290 g/mol. The number of thiophene rings is 1. The molecule has 3 nitrogen and oxygen atoms in total. The number of nitrogens with zero attached hydrogens (tertiary/aromatic N) is 1. The van der Waals surface area contributed by atoms with Crippen LogP contribution in [0.25, 0.3) is 0 Å². The van der Waals surface area contributed by atoms with Crippen molar-refractivity contribution in [3.63, 3.8) is 0 Å². The lowest BCUT2D eigenvalue weighted by atomic mass is 9.78. The van der Waals surface area contributed by atoms with Gasteiger partial charge in [-0.3, -0.25) is 0 Å². The van der Waals surface area contributed by atoms with E-state index in [1.807, 2.05) is 6.92 Å². The zero-order chi connectivity index (χ0) is 12.2. The van der Waals surface area contributed by atoms with Crippen LogP contribution in [0.15, 0.2) is 4.99 Å². The van der Waals surface area contributed by atoms with Gasteiger partial charge in [-0.1, -0.05) is 23.2 Å². The minimum atomic E-state index is -0.606. The summed E-state index contributed by atoms with van der Waals surface area (Å²) >= 11 is 13.3. The molecule has 2 heterocycles. The minimum absolute atomic E-state index is 0.237. The molecule has 1 spiro atoms. The average Bonchev–Trinajstić information content (AvgIpc) is 2.71. The largest absolute Gasteiger partial charge is 0.404 e. The van der Waals surface area contributed by atoms with E-state index in [-0.39, 0.29) is 5.97 Å². The molecule has 0 aromatic carbocycles. The van der Waals surface area contributed by atoms with E-state index in [2.05, 4.69) is 4.99 Å². The molecule has 2 aliphatic rings. The SMILES string of the molecule is Cc1c(C2=NC3(CCC3)C(=O)O2)sc(Cl)c1Cl. The van der Waals surface area contributed by atoms with Gasteiger partial charge in [-0.2, -0.15) is 0 Å². The lowest BCUT2D eigenvalue weighted by Gasteiger charge is -2.30. The van der Waals surface area contributed by atoms with E-state index in [1.165, 1.54) is 11.3 Å². The Morgan fingerprint density at radius 3 is 2.53 bits per heavy atom. The first-order valence-corrected chi connectivity index (χ1v) is 6.88. The summed E-state index contributed by atoms with van der Waals surface area (Å²) in [6.45, 7) is 1.85. The lowest BCUT2D eigenvalue weighted by molar-refractivity contribution is -0.141. The van der Waals surface area contributed by atoms with Crippen LogP contribution in [-0.4, -0.2) is 17.4 Å². The third-order valence-electron chi connectivity index (χ3n) is 3.29. The van der Waals surface area contributed by atoms with Crippen molar-refractivity contribution in [1.29, 1.82) is 0 Å². The van der Waals surface area contributed by atoms with Crippen molar-refractivity contribution >= 4 is 46.4 Å². The maximum absolute atomic E-state index is 11.8. The van der Waals surface area contributed by atoms with Crippen molar-refractivity contribution in [2.45, 2.75) is 31.7 Å². The Kier molecular flexibility index (Phi) is 2.51. The summed E-state index contributed by atoms with van der Waals surface area (Å²) in [6, 6.07) is 0. The molecule has 1 aliphatic heterocycles. The number of ether oxygens (including phenoxy) is 1. The highest BCUT2D eigenvalue weighted by molar-refractivity contribution is 7.19. The second kappa shape index (κ2) is 3.70. The van der Waals surface area contributed by atoms with E-state index < -0.39 is 5.54 Å². The molecule has 0 radical (unpaired) electrons. The van der Waals surface area contributed by atoms with Crippen LogP contribution in [0.3, 0.4) is 0 Å². The van der Waals surface area contributed by atoms with Crippen molar-refractivity contribution in [2.75, 3.05) is 0 Å². The van der Waals surface area contributed by atoms with Gasteiger partial charge in [0.05, 0.1) is 9.90 Å². The first kappa shape index (κ1) is 11.5. The van der Waals surface area contributed by atoms with Gasteiger partial charge in [-0.25, -0.2) is 9.79 Å². The molecule has 0 bridgehead atoms. The fraction of sp³-hybridized carbons (Fsp3) is 0.455. The Bertz CT molecular complexity index is 546. The summed E-state index contributed by atoms with van der Waals surface area (Å²) in [5.41, 5.74) is 0.217. The Balaban J connectivity index is 2.03. The topological polar surface area (TPSA) is 38.7 Å². The van der Waals surface area contributed by atoms with Gasteiger partial charge in [0, 0.05) is 0 Å². The number of carbonyl (C=O) groups excluding carboxylic acids is 1. The van der Waals surface area contributed by atoms with Crippen LogP contribution >= 0.6 is 34.5 Å². The molecule has 1 aliphatic carbocycles. The van der Waals surface area contributed by atoms with Gasteiger partial charge in [0.2, 0.25) is 5.90 Å². The molecule has 1 aromatic heterocycles. The third-order valence-corrected chi connectivity index (χ3v) is 5.46. The third kappa shape index (κ3) is 1.54. The molecule has 3 rings (SSSR count). The molecule has 0 unspecified atom stereocenters. The minimum Gasteiger partial charge on any atom is -0.404 e. The summed E-state index contributed by atoms with van der Waals surface area (Å²) in [5.74, 6) is 0.143. The van der Waals surface area contributed by atoms with E-state index in [0.29, 0.717) is 15.3 Å². The second-order valence-electron chi connectivity index (χ2n) is 4.34. The predicted octanol–water partition coefficient (Wildman–Crippen LogP) is 3.59. The Labute approximate surface area is 112 Å². The molecule has 0 saturated heterocycles. The zero-order valence-corrected chi connectivity index (χ0v) is 11.4. The van der Waals surface area contributed by atoms with Gasteiger partial charge in [0.1, 0.15) is 4.34 Å². The Hall–Kier alpha value is -0.580. The molecule has 1 aromatic rings. The standard InChI is InChI=1S/C11H9Cl2NO2S/c1-5-6(12)8(13)17-7(5)9-14-11(3-2-4-11)10(15)16-9/h2-4H2,1H3. The molecule has 0 N–H and O–H groups in total. The fourth-order valence-corrected chi connectivity index (χ4v) is 3.52. The van der Waals surface area contributed by atoms with Crippen LogP contribution in [0.4, 0.5) is 0 Å². The highest BCUT2D eigenvalue weighted by atomic mass is 35.5. The quantitative estimate of drug-likeness (QED) is 0.741. The molecule has 90 valence electrons. The van der Waals surface area contributed by atoms with Gasteiger partial charge >= 0.3 is 5.97 Å². The number of halogens is 2. The molecule has 1 saturated carbocycles. The van der Waals surface area contributed by atoms with E-state index in [0.717, 1.165) is 29.7 Å². The number of aliphatic imine (C=N–C) groups is 1. The van der Waals surface area contributed by atoms with Gasteiger partial charge in [0.25, 0.3) is 0 Å². The molecular formula is C11H9Cl2NO2S. The van der Waals surface area contributed by atoms with E-state index in [4.69, 9.17) is 27.9 Å². The van der Waals surface area contributed by atoms with Crippen molar-refractivity contribution in [3.05, 3.63) is 19.8 Å². The number of esters is 1. The number of hydrogen-bond donors (Lipinski definition) is 0. The highest BCUT2D eigenvalue weighted by Crippen LogP contribution is 2.43. The number of rotatable bonds is 1. The second-order valence-corrected chi connectivity index (χ2v) is 6.34. The Morgan fingerprint density at radius 1 is 1.41 bits per heavy atom. The predicted molar refractivity (Wildman–Crippen MR) is 68.3 cm³/mol. The summed E-state index contributed by atoms with van der Waals surface area (Å²) in [6.07, 6.45) is 2.58. The van der Waals surface area contributed by atoms with Gasteiger partial charge < -0.3 is 4.74 Å². The van der Waals surface area contributed by atoms with E-state index >= 15 is 0 Å². The summed E-state index contributed by atoms with van der Waals surface area (Å²) in [4.78, 5) is 17.0. The van der Waals surface area contributed by atoms with Gasteiger partial charge in [-0.05, 0) is 31.7 Å². The van der Waals surface area contributed by atoms with Crippen molar-refractivity contribution in [2.24, 2.45) is 4.99 Å². The van der Waals surface area contributed by atoms with Crippen LogP contribution in [0.1, 0.15) is 29.7 Å². The van der Waals surface area contributed by atoms with Crippen molar-refractivity contribution in [3.8, 4) is 0 Å². The molecule has 0 amide bonds. The van der Waals surface area contributed by atoms with E-state index in [1.54, 1.807) is 0 Å². The summed E-state index contributed by atoms with van der Waals surface area (Å²) < 4.78 is 5.77. The highest BCUT2D eigenvalue weighted by Gasteiger charge is 2.51. The molecule has 6 heteroatoms. The first-order valence-electron chi connectivity index (χ1n) is 5.30. The smallest absolute Gasteiger partial charge is 0.340 e. The van der Waals surface area contributed by atoms with Crippen molar-refractivity contribution in [1.82, 2.24) is 0 Å². The van der Waals surface area contributed by atoms with Crippen LogP contribution in [0.5, 0.6) is 0 Å². The summed E-state index contributed by atoms with van der Waals surface area (Å²) in [5, 5.41) is 0.514.